The molecule has 1 unspecified atom stereocenters. The fourth-order valence-electron chi connectivity index (χ4n) is 0.733. The van der Waals surface area contributed by atoms with Gasteiger partial charge in [0, 0.05) is 0 Å². The first kappa shape index (κ1) is 6.49. The summed E-state index contributed by atoms with van der Waals surface area (Å²) in [4.78, 5) is 5.30. The van der Waals surface area contributed by atoms with Gasteiger partial charge in [-0.1, -0.05) is 0 Å². The Kier molecular flexibility index (Phi) is 1.41. The number of hydrogen-bond acceptors (Lipinski definition) is 1. The maximum Gasteiger partial charge on any atom is 0.193 e. The fourth-order valence-corrected chi connectivity index (χ4v) is 0.733. The quantitative estimate of drug-likeness (QED) is 0.476. The molecule has 9 heavy (non-hydrogen) atoms. The van der Waals surface area contributed by atoms with Crippen molar-refractivity contribution >= 4 is 6.34 Å². The lowest BCUT2D eigenvalue weighted by molar-refractivity contribution is -0.795. The van der Waals surface area contributed by atoms with Crippen LogP contribution in [0.25, 0.3) is 0 Å². The number of aliphatic imine (C=N–C) groups is 1. The van der Waals surface area contributed by atoms with Crippen molar-refractivity contribution in [1.82, 2.24) is 0 Å². The topological polar surface area (TPSA) is 16.8 Å². The Morgan fingerprint density at radius 2 is 2.00 bits per heavy atom. The van der Waals surface area contributed by atoms with Gasteiger partial charge in [0.15, 0.2) is 6.34 Å². The van der Waals surface area contributed by atoms with Gasteiger partial charge in [-0.25, -0.2) is 4.99 Å². The largest absolute Gasteiger partial charge is 0.261 e. The van der Waals surface area contributed by atoms with Crippen molar-refractivity contribution in [2.45, 2.75) is 26.3 Å². The summed E-state index contributed by atoms with van der Waals surface area (Å²) in [6, 6.07) is 0. The Labute approximate surface area is 55.9 Å². The second kappa shape index (κ2) is 1.95. The molecule has 1 rings (SSSR count). The van der Waals surface area contributed by atoms with Crippen LogP contribution in [0.15, 0.2) is 17.4 Å². The Hall–Kier alpha value is -0.630. The first-order valence-corrected chi connectivity index (χ1v) is 3.18. The molecule has 1 N–H and O–H groups in total. The van der Waals surface area contributed by atoms with E-state index >= 15 is 0 Å². The Balaban J connectivity index is 2.64. The van der Waals surface area contributed by atoms with Gasteiger partial charge in [-0.15, -0.1) is 0 Å². The van der Waals surface area contributed by atoms with E-state index in [-0.39, 0.29) is 5.54 Å². The van der Waals surface area contributed by atoms with Crippen molar-refractivity contribution in [3.63, 3.8) is 0 Å². The fraction of sp³-hybridized carbons (Fsp3) is 0.571. The normalized spacial score (nSPS) is 25.4. The van der Waals surface area contributed by atoms with Crippen molar-refractivity contribution in [1.29, 1.82) is 0 Å². The average molecular weight is 125 g/mol. The Bertz CT molecular complexity index is 139. The molecule has 2 heteroatoms. The summed E-state index contributed by atoms with van der Waals surface area (Å²) in [5, 5.41) is 0. The molecule has 0 aromatic carbocycles. The summed E-state index contributed by atoms with van der Waals surface area (Å²) >= 11 is 0. The van der Waals surface area contributed by atoms with Crippen LogP contribution in [-0.2, 0) is 0 Å². The highest BCUT2D eigenvalue weighted by Crippen LogP contribution is 1.92. The second-order valence-electron chi connectivity index (χ2n) is 3.30. The van der Waals surface area contributed by atoms with Crippen molar-refractivity contribution < 1.29 is 4.90 Å². The van der Waals surface area contributed by atoms with E-state index in [0.29, 0.717) is 0 Å². The average Bonchev–Trinajstić information content (AvgIpc) is 2.08. The van der Waals surface area contributed by atoms with Crippen LogP contribution in [0.2, 0.25) is 0 Å². The van der Waals surface area contributed by atoms with Crippen LogP contribution < -0.4 is 4.90 Å². The molecule has 2 nitrogen and oxygen atoms in total. The number of quaternary nitrogens is 1. The highest BCUT2D eigenvalue weighted by molar-refractivity contribution is 5.47. The van der Waals surface area contributed by atoms with E-state index in [4.69, 9.17) is 0 Å². The minimum absolute atomic E-state index is 0.260. The Morgan fingerprint density at radius 1 is 1.33 bits per heavy atom. The van der Waals surface area contributed by atoms with Crippen LogP contribution in [-0.4, -0.2) is 11.9 Å². The number of nitrogens with one attached hydrogen (secondary N) is 1. The number of rotatable bonds is 0. The van der Waals surface area contributed by atoms with Crippen molar-refractivity contribution in [2.24, 2.45) is 4.99 Å². The van der Waals surface area contributed by atoms with Crippen molar-refractivity contribution in [3.05, 3.63) is 12.4 Å². The molecule has 1 heterocycles. The van der Waals surface area contributed by atoms with Crippen LogP contribution in [0.1, 0.15) is 20.8 Å². The van der Waals surface area contributed by atoms with E-state index in [9.17, 15) is 0 Å². The highest BCUT2D eigenvalue weighted by atomic mass is 15.2. The minimum atomic E-state index is 0.260. The lowest BCUT2D eigenvalue weighted by atomic mass is 10.1. The lowest BCUT2D eigenvalue weighted by Crippen LogP contribution is -3.13. The smallest absolute Gasteiger partial charge is 0.193 e. The van der Waals surface area contributed by atoms with Gasteiger partial charge in [0.2, 0.25) is 0 Å². The Morgan fingerprint density at radius 3 is 2.22 bits per heavy atom. The molecule has 0 saturated heterocycles. The number of hydrogen-bond donors (Lipinski definition) is 1. The van der Waals surface area contributed by atoms with Gasteiger partial charge in [0.1, 0.15) is 6.20 Å². The van der Waals surface area contributed by atoms with Gasteiger partial charge in [-0.2, -0.15) is 0 Å². The first-order valence-electron chi connectivity index (χ1n) is 3.18. The van der Waals surface area contributed by atoms with E-state index in [2.05, 4.69) is 32.0 Å². The zero-order chi connectivity index (χ0) is 6.91. The van der Waals surface area contributed by atoms with Gasteiger partial charge >= 0.3 is 0 Å². The van der Waals surface area contributed by atoms with E-state index in [1.165, 1.54) is 4.90 Å². The maximum absolute atomic E-state index is 3.99. The predicted molar refractivity (Wildman–Crippen MR) is 38.3 cm³/mol. The molecule has 0 aliphatic carbocycles. The van der Waals surface area contributed by atoms with E-state index in [0.717, 1.165) is 0 Å². The van der Waals surface area contributed by atoms with E-state index in [1.807, 2.05) is 12.5 Å². The molecule has 0 saturated carbocycles. The summed E-state index contributed by atoms with van der Waals surface area (Å²) in [5.41, 5.74) is 0.260. The molecule has 0 aromatic rings. The number of nitrogens with zero attached hydrogens (tertiary/aromatic N) is 1. The van der Waals surface area contributed by atoms with Crippen LogP contribution in [0.3, 0.4) is 0 Å². The predicted octanol–water partition coefficient (Wildman–Crippen LogP) is 0.183. The van der Waals surface area contributed by atoms with Crippen molar-refractivity contribution in [3.8, 4) is 0 Å². The molecule has 1 aliphatic heterocycles. The van der Waals surface area contributed by atoms with E-state index < -0.39 is 0 Å². The lowest BCUT2D eigenvalue weighted by Gasteiger charge is -2.21. The third-order valence-corrected chi connectivity index (χ3v) is 1.42. The molecule has 0 amide bonds. The molecular weight excluding hydrogens is 112 g/mol. The summed E-state index contributed by atoms with van der Waals surface area (Å²) in [6.45, 7) is 6.55. The second-order valence-corrected chi connectivity index (χ2v) is 3.30. The molecule has 0 aromatic heterocycles. The molecule has 0 radical (unpaired) electrons. The monoisotopic (exact) mass is 125 g/mol. The van der Waals surface area contributed by atoms with Crippen molar-refractivity contribution in [2.75, 3.05) is 0 Å². The molecule has 0 spiro atoms. The van der Waals surface area contributed by atoms with Gasteiger partial charge in [0.05, 0.1) is 11.7 Å². The standard InChI is InChI=1S/C7H12N2/c1-7(2,3)9-5-4-8-6-9/h4-6H,1-3H3/p+1. The van der Waals surface area contributed by atoms with Gasteiger partial charge in [0.25, 0.3) is 0 Å². The summed E-state index contributed by atoms with van der Waals surface area (Å²) < 4.78 is 0. The molecule has 0 fully saturated rings. The van der Waals surface area contributed by atoms with Crippen LogP contribution in [0, 0.1) is 0 Å². The molecule has 0 bridgehead atoms. The van der Waals surface area contributed by atoms with Gasteiger partial charge in [-0.3, -0.25) is 4.90 Å². The third-order valence-electron chi connectivity index (χ3n) is 1.42. The molecular formula is C7H13N2+. The van der Waals surface area contributed by atoms with E-state index in [1.54, 1.807) is 0 Å². The van der Waals surface area contributed by atoms with Crippen LogP contribution >= 0.6 is 0 Å². The summed E-state index contributed by atoms with van der Waals surface area (Å²) in [5.74, 6) is 0. The molecule has 1 atom stereocenters. The summed E-state index contributed by atoms with van der Waals surface area (Å²) in [7, 11) is 0. The maximum atomic E-state index is 3.99. The SMILES string of the molecule is CC(C)(C)[NH+]1C=CN=C1. The van der Waals surface area contributed by atoms with Crippen LogP contribution in [0.4, 0.5) is 0 Å². The van der Waals surface area contributed by atoms with Gasteiger partial charge in [-0.05, 0) is 20.8 Å². The highest BCUT2D eigenvalue weighted by Gasteiger charge is 2.23. The third kappa shape index (κ3) is 1.39. The first-order chi connectivity index (χ1) is 4.11. The zero-order valence-corrected chi connectivity index (χ0v) is 6.18. The van der Waals surface area contributed by atoms with Crippen LogP contribution in [0.5, 0.6) is 0 Å². The molecule has 1 aliphatic rings. The molecule has 50 valence electrons. The van der Waals surface area contributed by atoms with Gasteiger partial charge < -0.3 is 0 Å². The zero-order valence-electron chi connectivity index (χ0n) is 6.18. The minimum Gasteiger partial charge on any atom is -0.261 e. The summed E-state index contributed by atoms with van der Waals surface area (Å²) in [6.07, 6.45) is 5.81.